The Balaban J connectivity index is 0.000000771. The van der Waals surface area contributed by atoms with Gasteiger partial charge in [0.15, 0.2) is 0 Å². The Labute approximate surface area is 104 Å². The van der Waals surface area contributed by atoms with Crippen molar-refractivity contribution in [1.29, 1.82) is 16.5 Å². The standard InChI is InChI=1S/C13H11FN2.H2N2/c14-12-6-2-4-10(8-12)9-3-1-5-11(7-9)13(15)16;1-2/h1-8H,(H3,15,16);1-2H. The quantitative estimate of drug-likeness (QED) is 0.363. The molecule has 0 aliphatic rings. The first-order valence-electron chi connectivity index (χ1n) is 5.12. The first-order chi connectivity index (χ1) is 8.66. The minimum absolute atomic E-state index is 0.0123. The molecule has 0 saturated carbocycles. The van der Waals surface area contributed by atoms with E-state index < -0.39 is 0 Å². The fourth-order valence-corrected chi connectivity index (χ4v) is 1.53. The lowest BCUT2D eigenvalue weighted by molar-refractivity contribution is 0.628. The van der Waals surface area contributed by atoms with E-state index in [1.807, 2.05) is 12.1 Å². The van der Waals surface area contributed by atoms with Crippen molar-refractivity contribution in [3.05, 3.63) is 59.9 Å². The first-order valence-corrected chi connectivity index (χ1v) is 5.12. The number of halogens is 1. The van der Waals surface area contributed by atoms with E-state index in [2.05, 4.69) is 0 Å². The van der Waals surface area contributed by atoms with Crippen molar-refractivity contribution in [3.8, 4) is 11.1 Å². The number of benzene rings is 2. The molecule has 0 fully saturated rings. The Morgan fingerprint density at radius 3 is 2.06 bits per heavy atom. The van der Waals surface area contributed by atoms with Gasteiger partial charge in [-0.15, -0.1) is 0 Å². The third kappa shape index (κ3) is 3.21. The summed E-state index contributed by atoms with van der Waals surface area (Å²) in [4.78, 5) is 0. The number of amidine groups is 1. The molecule has 0 aliphatic heterocycles. The molecule has 0 aliphatic carbocycles. The lowest BCUT2D eigenvalue weighted by atomic mass is 10.0. The van der Waals surface area contributed by atoms with Crippen LogP contribution < -0.4 is 5.73 Å². The van der Waals surface area contributed by atoms with Gasteiger partial charge in [0.2, 0.25) is 0 Å². The molecule has 0 amide bonds. The van der Waals surface area contributed by atoms with E-state index in [1.165, 1.54) is 12.1 Å². The zero-order chi connectivity index (χ0) is 13.5. The molecule has 0 spiro atoms. The van der Waals surface area contributed by atoms with Crippen molar-refractivity contribution in [2.45, 2.75) is 0 Å². The molecule has 0 bridgehead atoms. The van der Waals surface area contributed by atoms with Gasteiger partial charge in [0.1, 0.15) is 11.7 Å². The Hall–Kier alpha value is -2.56. The fourth-order valence-electron chi connectivity index (χ4n) is 1.53. The van der Waals surface area contributed by atoms with Crippen LogP contribution in [-0.2, 0) is 0 Å². The molecule has 2 aromatic rings. The Bertz CT molecular complexity index is 554. The molecular formula is C13H13FN4. The third-order valence-electron chi connectivity index (χ3n) is 2.33. The zero-order valence-electron chi connectivity index (χ0n) is 9.57. The van der Waals surface area contributed by atoms with Gasteiger partial charge in [-0.3, -0.25) is 5.41 Å². The fraction of sp³-hybridized carbons (Fsp3) is 0. The molecule has 0 saturated heterocycles. The minimum atomic E-state index is -0.272. The van der Waals surface area contributed by atoms with Crippen LogP contribution in [0.2, 0.25) is 0 Å². The van der Waals surface area contributed by atoms with E-state index in [1.54, 1.807) is 24.3 Å². The van der Waals surface area contributed by atoms with E-state index in [-0.39, 0.29) is 11.7 Å². The van der Waals surface area contributed by atoms with Gasteiger partial charge < -0.3 is 5.73 Å². The predicted octanol–water partition coefficient (Wildman–Crippen LogP) is 3.37. The number of hydrogen-bond donors (Lipinski definition) is 4. The van der Waals surface area contributed by atoms with Crippen molar-refractivity contribution < 1.29 is 4.39 Å². The second-order valence-electron chi connectivity index (χ2n) is 3.50. The molecule has 0 unspecified atom stereocenters. The summed E-state index contributed by atoms with van der Waals surface area (Å²) in [5, 5.41) is 7.34. The average molecular weight is 244 g/mol. The molecule has 2 aromatic carbocycles. The summed E-state index contributed by atoms with van der Waals surface area (Å²) in [6.45, 7) is 0. The van der Waals surface area contributed by atoms with Crippen LogP contribution in [0, 0.1) is 22.3 Å². The molecule has 0 aromatic heterocycles. The van der Waals surface area contributed by atoms with Gasteiger partial charge >= 0.3 is 0 Å². The largest absolute Gasteiger partial charge is 0.384 e. The van der Waals surface area contributed by atoms with Gasteiger partial charge in [0.05, 0.1) is 0 Å². The predicted molar refractivity (Wildman–Crippen MR) is 68.3 cm³/mol. The van der Waals surface area contributed by atoms with Crippen LogP contribution in [0.3, 0.4) is 0 Å². The van der Waals surface area contributed by atoms with Crippen molar-refractivity contribution in [1.82, 2.24) is 0 Å². The lowest BCUT2D eigenvalue weighted by Crippen LogP contribution is -2.10. The van der Waals surface area contributed by atoms with Gasteiger partial charge in [-0.25, -0.2) is 15.5 Å². The minimum Gasteiger partial charge on any atom is -0.384 e. The van der Waals surface area contributed by atoms with Crippen LogP contribution >= 0.6 is 0 Å². The molecule has 4 nitrogen and oxygen atoms in total. The topological polar surface area (TPSA) is 97.6 Å². The Kier molecular flexibility index (Phi) is 4.68. The number of nitrogens with one attached hydrogen (secondary N) is 3. The van der Waals surface area contributed by atoms with E-state index in [0.29, 0.717) is 5.56 Å². The molecule has 0 radical (unpaired) electrons. The average Bonchev–Trinajstić information content (AvgIpc) is 2.41. The van der Waals surface area contributed by atoms with Crippen LogP contribution in [0.15, 0.2) is 48.5 Å². The van der Waals surface area contributed by atoms with E-state index in [9.17, 15) is 4.39 Å². The van der Waals surface area contributed by atoms with Crippen LogP contribution in [-0.4, -0.2) is 5.84 Å². The van der Waals surface area contributed by atoms with Gasteiger partial charge in [0, 0.05) is 5.56 Å². The molecular weight excluding hydrogens is 231 g/mol. The number of nitrogen functional groups attached to an aromatic ring is 1. The van der Waals surface area contributed by atoms with Crippen molar-refractivity contribution >= 4 is 5.84 Å². The molecule has 92 valence electrons. The maximum Gasteiger partial charge on any atom is 0.123 e. The van der Waals surface area contributed by atoms with Gasteiger partial charge in [-0.1, -0.05) is 30.3 Å². The van der Waals surface area contributed by atoms with Crippen LogP contribution in [0.25, 0.3) is 11.1 Å². The van der Waals surface area contributed by atoms with Gasteiger partial charge in [0.25, 0.3) is 0 Å². The highest BCUT2D eigenvalue weighted by atomic mass is 19.1. The summed E-state index contributed by atoms with van der Waals surface area (Å²) in [6, 6.07) is 13.5. The van der Waals surface area contributed by atoms with Gasteiger partial charge in [-0.05, 0) is 29.3 Å². The smallest absolute Gasteiger partial charge is 0.123 e. The van der Waals surface area contributed by atoms with Gasteiger partial charge in [-0.2, -0.15) is 0 Å². The highest BCUT2D eigenvalue weighted by molar-refractivity contribution is 5.96. The number of rotatable bonds is 2. The Morgan fingerprint density at radius 2 is 1.50 bits per heavy atom. The van der Waals surface area contributed by atoms with Crippen LogP contribution in [0.5, 0.6) is 0 Å². The highest BCUT2D eigenvalue weighted by Gasteiger charge is 2.01. The second kappa shape index (κ2) is 6.24. The molecule has 2 rings (SSSR count). The molecule has 5 heteroatoms. The van der Waals surface area contributed by atoms with Crippen molar-refractivity contribution in [2.75, 3.05) is 0 Å². The third-order valence-corrected chi connectivity index (χ3v) is 2.33. The normalized spacial score (nSPS) is 9.17. The number of nitrogens with two attached hydrogens (primary N) is 1. The SMILES string of the molecule is N=C(N)c1cccc(-c2cccc(F)c2)c1.N=N. The molecule has 5 N–H and O–H groups in total. The molecule has 0 heterocycles. The maximum atomic E-state index is 13.0. The monoisotopic (exact) mass is 244 g/mol. The zero-order valence-corrected chi connectivity index (χ0v) is 9.57. The molecule has 0 atom stereocenters. The highest BCUT2D eigenvalue weighted by Crippen LogP contribution is 2.20. The van der Waals surface area contributed by atoms with E-state index in [0.717, 1.165) is 11.1 Å². The molecule has 18 heavy (non-hydrogen) atoms. The Morgan fingerprint density at radius 1 is 0.944 bits per heavy atom. The summed E-state index contributed by atoms with van der Waals surface area (Å²) in [7, 11) is 0. The first kappa shape index (κ1) is 13.5. The lowest BCUT2D eigenvalue weighted by Gasteiger charge is -2.04. The van der Waals surface area contributed by atoms with E-state index in [4.69, 9.17) is 22.2 Å². The summed E-state index contributed by atoms with van der Waals surface area (Å²) in [5.74, 6) is -0.260. The van der Waals surface area contributed by atoms with Crippen molar-refractivity contribution in [3.63, 3.8) is 0 Å². The van der Waals surface area contributed by atoms with Crippen LogP contribution in [0.1, 0.15) is 5.56 Å². The summed E-state index contributed by atoms with van der Waals surface area (Å²) in [6.07, 6.45) is 0. The summed E-state index contributed by atoms with van der Waals surface area (Å²) < 4.78 is 13.0. The second-order valence-corrected chi connectivity index (χ2v) is 3.50. The summed E-state index contributed by atoms with van der Waals surface area (Å²) >= 11 is 0. The van der Waals surface area contributed by atoms with Crippen molar-refractivity contribution in [2.24, 2.45) is 5.73 Å². The van der Waals surface area contributed by atoms with Crippen LogP contribution in [0.4, 0.5) is 4.39 Å². The summed E-state index contributed by atoms with van der Waals surface area (Å²) in [5.41, 5.74) is 17.7. The van der Waals surface area contributed by atoms with E-state index >= 15 is 0 Å². The number of hydrogen-bond acceptors (Lipinski definition) is 3. The maximum absolute atomic E-state index is 13.0.